The van der Waals surface area contributed by atoms with Gasteiger partial charge in [0.2, 0.25) is 0 Å². The zero-order chi connectivity index (χ0) is 15.6. The molecular weight excluding hydrogens is 310 g/mol. The highest BCUT2D eigenvalue weighted by Gasteiger charge is 2.19. The van der Waals surface area contributed by atoms with Crippen LogP contribution in [0.3, 0.4) is 0 Å². The molecule has 1 aromatic carbocycles. The first-order valence-electron chi connectivity index (χ1n) is 6.46. The van der Waals surface area contributed by atoms with Crippen molar-refractivity contribution in [3.8, 4) is 11.4 Å². The SMILES string of the molecule is Cc1c(Cl)cccc1-c1nnc(SCC(=O)O)n1C(C)C. The van der Waals surface area contributed by atoms with E-state index in [9.17, 15) is 4.79 Å². The quantitative estimate of drug-likeness (QED) is 0.849. The maximum absolute atomic E-state index is 10.7. The van der Waals surface area contributed by atoms with Crippen molar-refractivity contribution in [2.24, 2.45) is 0 Å². The summed E-state index contributed by atoms with van der Waals surface area (Å²) in [5.74, 6) is -0.212. The Kier molecular flexibility index (Phi) is 4.90. The Morgan fingerprint density at radius 3 is 2.76 bits per heavy atom. The molecule has 0 radical (unpaired) electrons. The van der Waals surface area contributed by atoms with Crippen molar-refractivity contribution in [2.45, 2.75) is 32.0 Å². The molecule has 0 fully saturated rings. The third-order valence-electron chi connectivity index (χ3n) is 3.01. The fourth-order valence-corrected chi connectivity index (χ4v) is 2.96. The number of hydrogen-bond acceptors (Lipinski definition) is 4. The van der Waals surface area contributed by atoms with Crippen LogP contribution in [0.25, 0.3) is 11.4 Å². The number of rotatable bonds is 5. The Labute approximate surface area is 132 Å². The highest BCUT2D eigenvalue weighted by atomic mass is 35.5. The van der Waals surface area contributed by atoms with Crippen molar-refractivity contribution < 1.29 is 9.90 Å². The molecule has 0 unspecified atom stereocenters. The number of thioether (sulfide) groups is 1. The molecule has 1 N–H and O–H groups in total. The van der Waals surface area contributed by atoms with Gasteiger partial charge in [0.15, 0.2) is 11.0 Å². The summed E-state index contributed by atoms with van der Waals surface area (Å²) in [7, 11) is 0. The Balaban J connectivity index is 2.49. The van der Waals surface area contributed by atoms with E-state index >= 15 is 0 Å². The Hall–Kier alpha value is -1.53. The summed E-state index contributed by atoms with van der Waals surface area (Å²) in [5, 5.41) is 18.4. The van der Waals surface area contributed by atoms with E-state index in [4.69, 9.17) is 16.7 Å². The van der Waals surface area contributed by atoms with E-state index in [2.05, 4.69) is 10.2 Å². The number of carbonyl (C=O) groups is 1. The second-order valence-corrected chi connectivity index (χ2v) is 6.21. The maximum Gasteiger partial charge on any atom is 0.313 e. The highest BCUT2D eigenvalue weighted by Crippen LogP contribution is 2.31. The monoisotopic (exact) mass is 325 g/mol. The molecule has 1 aromatic heterocycles. The molecule has 7 heteroatoms. The van der Waals surface area contributed by atoms with Crippen molar-refractivity contribution in [1.29, 1.82) is 0 Å². The molecule has 2 rings (SSSR count). The van der Waals surface area contributed by atoms with Crippen LogP contribution in [0.5, 0.6) is 0 Å². The molecule has 0 aliphatic rings. The predicted octanol–water partition coefficient (Wildman–Crippen LogP) is 3.66. The van der Waals surface area contributed by atoms with Gasteiger partial charge in [-0.25, -0.2) is 0 Å². The molecule has 112 valence electrons. The molecule has 0 amide bonds. The average Bonchev–Trinajstić information content (AvgIpc) is 2.83. The lowest BCUT2D eigenvalue weighted by atomic mass is 10.1. The Bertz CT molecular complexity index is 670. The van der Waals surface area contributed by atoms with E-state index < -0.39 is 5.97 Å². The van der Waals surface area contributed by atoms with Crippen LogP contribution in [0.1, 0.15) is 25.5 Å². The zero-order valence-corrected chi connectivity index (χ0v) is 13.6. The van der Waals surface area contributed by atoms with Crippen molar-refractivity contribution in [3.05, 3.63) is 28.8 Å². The van der Waals surface area contributed by atoms with Gasteiger partial charge in [-0.1, -0.05) is 35.5 Å². The van der Waals surface area contributed by atoms with Gasteiger partial charge in [-0.2, -0.15) is 0 Å². The van der Waals surface area contributed by atoms with Crippen LogP contribution in [0, 0.1) is 6.92 Å². The molecule has 0 spiro atoms. The fraction of sp³-hybridized carbons (Fsp3) is 0.357. The van der Waals surface area contributed by atoms with E-state index in [0.29, 0.717) is 16.0 Å². The van der Waals surface area contributed by atoms with Crippen molar-refractivity contribution in [2.75, 3.05) is 5.75 Å². The van der Waals surface area contributed by atoms with E-state index in [1.54, 1.807) is 0 Å². The molecular formula is C14H16ClN3O2S. The van der Waals surface area contributed by atoms with Gasteiger partial charge in [0.1, 0.15) is 0 Å². The Morgan fingerprint density at radius 2 is 2.14 bits per heavy atom. The largest absolute Gasteiger partial charge is 0.481 e. The van der Waals surface area contributed by atoms with Crippen molar-refractivity contribution >= 4 is 29.3 Å². The summed E-state index contributed by atoms with van der Waals surface area (Å²) in [4.78, 5) is 10.7. The molecule has 0 atom stereocenters. The summed E-state index contributed by atoms with van der Waals surface area (Å²) < 4.78 is 1.94. The molecule has 0 aliphatic heterocycles. The summed E-state index contributed by atoms with van der Waals surface area (Å²) >= 11 is 7.33. The van der Waals surface area contributed by atoms with Crippen LogP contribution >= 0.6 is 23.4 Å². The van der Waals surface area contributed by atoms with Crippen LogP contribution in [-0.4, -0.2) is 31.6 Å². The van der Waals surface area contributed by atoms with Crippen molar-refractivity contribution in [1.82, 2.24) is 14.8 Å². The lowest BCUT2D eigenvalue weighted by molar-refractivity contribution is -0.133. The van der Waals surface area contributed by atoms with E-state index in [0.717, 1.165) is 11.1 Å². The van der Waals surface area contributed by atoms with Gasteiger partial charge in [-0.15, -0.1) is 10.2 Å². The number of aliphatic carboxylic acids is 1. The van der Waals surface area contributed by atoms with Gasteiger partial charge in [-0.05, 0) is 32.4 Å². The van der Waals surface area contributed by atoms with E-state index in [-0.39, 0.29) is 11.8 Å². The first kappa shape index (κ1) is 15.9. The zero-order valence-electron chi connectivity index (χ0n) is 12.0. The second kappa shape index (κ2) is 6.49. The van der Waals surface area contributed by atoms with Gasteiger partial charge in [0.05, 0.1) is 5.75 Å². The van der Waals surface area contributed by atoms with Gasteiger partial charge in [-0.3, -0.25) is 9.36 Å². The molecule has 1 heterocycles. The minimum absolute atomic E-state index is 0.0423. The number of carboxylic acid groups (broad SMARTS) is 1. The second-order valence-electron chi connectivity index (χ2n) is 4.86. The minimum atomic E-state index is -0.876. The first-order chi connectivity index (χ1) is 9.91. The van der Waals surface area contributed by atoms with Gasteiger partial charge in [0.25, 0.3) is 0 Å². The summed E-state index contributed by atoms with van der Waals surface area (Å²) in [6.07, 6.45) is 0. The number of carboxylic acids is 1. The number of aromatic nitrogens is 3. The third kappa shape index (κ3) is 3.39. The highest BCUT2D eigenvalue weighted by molar-refractivity contribution is 7.99. The van der Waals surface area contributed by atoms with E-state index in [1.807, 2.05) is 43.5 Å². The molecule has 21 heavy (non-hydrogen) atoms. The van der Waals surface area contributed by atoms with Crippen LogP contribution < -0.4 is 0 Å². The number of halogens is 1. The first-order valence-corrected chi connectivity index (χ1v) is 7.83. The average molecular weight is 326 g/mol. The van der Waals surface area contributed by atoms with Crippen molar-refractivity contribution in [3.63, 3.8) is 0 Å². The molecule has 0 saturated carbocycles. The number of nitrogens with zero attached hydrogens (tertiary/aromatic N) is 3. The topological polar surface area (TPSA) is 68.0 Å². The van der Waals surface area contributed by atoms with Crippen LogP contribution in [0.4, 0.5) is 0 Å². The smallest absolute Gasteiger partial charge is 0.313 e. The third-order valence-corrected chi connectivity index (χ3v) is 4.35. The van der Waals surface area contributed by atoms with Crippen LogP contribution in [0.15, 0.2) is 23.4 Å². The molecule has 0 bridgehead atoms. The predicted molar refractivity (Wildman–Crippen MR) is 83.9 cm³/mol. The van der Waals surface area contributed by atoms with Gasteiger partial charge >= 0.3 is 5.97 Å². The van der Waals surface area contributed by atoms with Gasteiger partial charge in [0, 0.05) is 16.6 Å². The lowest BCUT2D eigenvalue weighted by Gasteiger charge is -2.14. The van der Waals surface area contributed by atoms with Crippen LogP contribution in [0.2, 0.25) is 5.02 Å². The maximum atomic E-state index is 10.7. The number of hydrogen-bond donors (Lipinski definition) is 1. The fourth-order valence-electron chi connectivity index (χ4n) is 2.00. The normalized spacial score (nSPS) is 11.1. The van der Waals surface area contributed by atoms with Gasteiger partial charge < -0.3 is 5.11 Å². The van der Waals surface area contributed by atoms with E-state index in [1.165, 1.54) is 11.8 Å². The molecule has 2 aromatic rings. The number of benzene rings is 1. The lowest BCUT2D eigenvalue weighted by Crippen LogP contribution is -2.07. The summed E-state index contributed by atoms with van der Waals surface area (Å²) in [6, 6.07) is 5.75. The summed E-state index contributed by atoms with van der Waals surface area (Å²) in [5.41, 5.74) is 1.84. The Morgan fingerprint density at radius 1 is 1.43 bits per heavy atom. The summed E-state index contributed by atoms with van der Waals surface area (Å²) in [6.45, 7) is 5.95. The van der Waals surface area contributed by atoms with Crippen LogP contribution in [-0.2, 0) is 4.79 Å². The molecule has 5 nitrogen and oxygen atoms in total. The molecule has 0 aliphatic carbocycles. The minimum Gasteiger partial charge on any atom is -0.481 e. The standard InChI is InChI=1S/C14H16ClN3O2S/c1-8(2)18-13(10-5-4-6-11(15)9(10)3)16-17-14(18)21-7-12(19)20/h4-6,8H,7H2,1-3H3,(H,19,20). The molecule has 0 saturated heterocycles.